The third-order valence-electron chi connectivity index (χ3n) is 9.46. The summed E-state index contributed by atoms with van der Waals surface area (Å²) >= 11 is 0. The lowest BCUT2D eigenvalue weighted by Gasteiger charge is -2.62. The van der Waals surface area contributed by atoms with Crippen molar-refractivity contribution in [1.29, 1.82) is 0 Å². The Kier molecular flexibility index (Phi) is 4.53. The Labute approximate surface area is 148 Å². The van der Waals surface area contributed by atoms with Crippen molar-refractivity contribution in [2.24, 2.45) is 46.3 Å². The summed E-state index contributed by atoms with van der Waals surface area (Å²) in [4.78, 5) is 0. The highest BCUT2D eigenvalue weighted by molar-refractivity contribution is 5.10. The van der Waals surface area contributed by atoms with Crippen molar-refractivity contribution in [1.82, 2.24) is 0 Å². The van der Waals surface area contributed by atoms with Crippen LogP contribution in [0.1, 0.15) is 71.6 Å². The average Bonchev–Trinajstić information content (AvgIpc) is 2.92. The molecule has 24 heavy (non-hydrogen) atoms. The van der Waals surface area contributed by atoms with Gasteiger partial charge in [-0.05, 0) is 97.7 Å². The third-order valence-corrected chi connectivity index (χ3v) is 9.46. The van der Waals surface area contributed by atoms with E-state index in [4.69, 9.17) is 4.74 Å². The summed E-state index contributed by atoms with van der Waals surface area (Å²) in [5.74, 6) is 5.03. The van der Waals surface area contributed by atoms with Gasteiger partial charge in [0.25, 0.3) is 0 Å². The van der Waals surface area contributed by atoms with E-state index in [1.165, 1.54) is 57.8 Å². The van der Waals surface area contributed by atoms with Crippen LogP contribution in [-0.4, -0.2) is 25.4 Å². The van der Waals surface area contributed by atoms with Gasteiger partial charge in [-0.15, -0.1) is 0 Å². The molecule has 0 saturated heterocycles. The Balaban J connectivity index is 1.64. The first-order valence-corrected chi connectivity index (χ1v) is 10.6. The van der Waals surface area contributed by atoms with E-state index in [0.717, 1.165) is 36.2 Å². The van der Waals surface area contributed by atoms with Crippen LogP contribution in [-0.2, 0) is 4.74 Å². The number of ether oxygens (including phenoxy) is 1. The number of hydrogen-bond acceptors (Lipinski definition) is 2. The molecule has 0 radical (unpaired) electrons. The van der Waals surface area contributed by atoms with E-state index in [0.29, 0.717) is 23.4 Å². The van der Waals surface area contributed by atoms with E-state index >= 15 is 0 Å². The summed E-state index contributed by atoms with van der Waals surface area (Å²) in [6.45, 7) is 6.38. The van der Waals surface area contributed by atoms with Crippen LogP contribution in [0.3, 0.4) is 0 Å². The second-order valence-corrected chi connectivity index (χ2v) is 10.2. The van der Waals surface area contributed by atoms with Crippen LogP contribution in [0, 0.1) is 46.3 Å². The van der Waals surface area contributed by atoms with E-state index in [9.17, 15) is 5.11 Å². The molecule has 0 spiro atoms. The maximum Gasteiger partial charge on any atom is 0.0524 e. The van der Waals surface area contributed by atoms with Gasteiger partial charge in [-0.2, -0.15) is 0 Å². The van der Waals surface area contributed by atoms with Gasteiger partial charge >= 0.3 is 0 Å². The van der Waals surface area contributed by atoms with Crippen molar-refractivity contribution < 1.29 is 9.84 Å². The molecule has 1 N–H and O–H groups in total. The summed E-state index contributed by atoms with van der Waals surface area (Å²) in [6, 6.07) is 0. The molecule has 8 atom stereocenters. The Morgan fingerprint density at radius 2 is 1.83 bits per heavy atom. The lowest BCUT2D eigenvalue weighted by atomic mass is 9.44. The summed E-state index contributed by atoms with van der Waals surface area (Å²) in [6.07, 6.45) is 12.5. The molecule has 4 saturated carbocycles. The minimum Gasteiger partial charge on any atom is -0.396 e. The fourth-order valence-electron chi connectivity index (χ4n) is 8.22. The second-order valence-electron chi connectivity index (χ2n) is 10.2. The van der Waals surface area contributed by atoms with Crippen LogP contribution in [0.5, 0.6) is 0 Å². The first-order valence-electron chi connectivity index (χ1n) is 10.6. The fourth-order valence-corrected chi connectivity index (χ4v) is 8.22. The molecule has 2 nitrogen and oxygen atoms in total. The quantitative estimate of drug-likeness (QED) is 0.795. The molecule has 138 valence electrons. The van der Waals surface area contributed by atoms with Gasteiger partial charge in [0, 0.05) is 13.7 Å². The number of methoxy groups -OCH3 is 1. The van der Waals surface area contributed by atoms with Gasteiger partial charge in [-0.1, -0.05) is 20.3 Å². The van der Waals surface area contributed by atoms with Crippen LogP contribution in [0.2, 0.25) is 0 Å². The van der Waals surface area contributed by atoms with Crippen LogP contribution in [0.4, 0.5) is 0 Å². The maximum atomic E-state index is 9.90. The Bertz CT molecular complexity index is 463. The molecule has 0 aromatic rings. The van der Waals surface area contributed by atoms with Gasteiger partial charge in [0.15, 0.2) is 0 Å². The van der Waals surface area contributed by atoms with E-state index in [2.05, 4.69) is 13.8 Å². The van der Waals surface area contributed by atoms with Crippen molar-refractivity contribution >= 4 is 0 Å². The molecule has 0 heterocycles. The average molecular weight is 335 g/mol. The Morgan fingerprint density at radius 3 is 2.58 bits per heavy atom. The highest BCUT2D eigenvalue weighted by atomic mass is 16.5. The van der Waals surface area contributed by atoms with E-state index < -0.39 is 0 Å². The first kappa shape index (κ1) is 17.3. The first-order chi connectivity index (χ1) is 11.5. The number of fused-ring (bicyclic) bond motifs is 5. The smallest absolute Gasteiger partial charge is 0.0524 e. The standard InChI is InChI=1S/C22H38O2/c1-15-8-11-22(14-24-3)16(12-15)4-6-18-19-7-5-17(13-23)21(19,2)10-9-20(18)22/h15-20,23H,4-14H2,1-3H3. The molecule has 4 aliphatic rings. The highest BCUT2D eigenvalue weighted by Crippen LogP contribution is 2.67. The van der Waals surface area contributed by atoms with Gasteiger partial charge in [0.05, 0.1) is 6.61 Å². The predicted molar refractivity (Wildman–Crippen MR) is 97.7 cm³/mol. The van der Waals surface area contributed by atoms with Crippen molar-refractivity contribution in [2.45, 2.75) is 71.6 Å². The lowest BCUT2D eigenvalue weighted by Crippen LogP contribution is -2.56. The maximum absolute atomic E-state index is 9.90. The summed E-state index contributed by atoms with van der Waals surface area (Å²) < 4.78 is 5.86. The molecular weight excluding hydrogens is 296 g/mol. The molecule has 0 aromatic carbocycles. The van der Waals surface area contributed by atoms with Gasteiger partial charge < -0.3 is 9.84 Å². The highest BCUT2D eigenvalue weighted by Gasteiger charge is 2.61. The minimum atomic E-state index is 0.410. The molecule has 0 aliphatic heterocycles. The second kappa shape index (κ2) is 6.27. The normalized spacial score (nSPS) is 54.0. The van der Waals surface area contributed by atoms with E-state index in [1.54, 1.807) is 0 Å². The molecule has 0 aromatic heterocycles. The molecule has 4 rings (SSSR count). The number of rotatable bonds is 3. The van der Waals surface area contributed by atoms with Crippen molar-refractivity contribution in [2.75, 3.05) is 20.3 Å². The zero-order valence-corrected chi connectivity index (χ0v) is 16.1. The van der Waals surface area contributed by atoms with Crippen LogP contribution >= 0.6 is 0 Å². The summed E-state index contributed by atoms with van der Waals surface area (Å²) in [5, 5.41) is 9.90. The van der Waals surface area contributed by atoms with Crippen molar-refractivity contribution in [3.05, 3.63) is 0 Å². The van der Waals surface area contributed by atoms with Gasteiger partial charge in [0.1, 0.15) is 0 Å². The van der Waals surface area contributed by atoms with Crippen LogP contribution < -0.4 is 0 Å². The van der Waals surface area contributed by atoms with E-state index in [-0.39, 0.29) is 0 Å². The topological polar surface area (TPSA) is 29.5 Å². The fraction of sp³-hybridized carbons (Fsp3) is 1.00. The molecule has 2 heteroatoms. The van der Waals surface area contributed by atoms with E-state index in [1.807, 2.05) is 7.11 Å². The predicted octanol–water partition coefficient (Wildman–Crippen LogP) is 4.90. The van der Waals surface area contributed by atoms with Crippen LogP contribution in [0.25, 0.3) is 0 Å². The Hall–Kier alpha value is -0.0800. The molecule has 4 aliphatic carbocycles. The van der Waals surface area contributed by atoms with Gasteiger partial charge in [-0.25, -0.2) is 0 Å². The van der Waals surface area contributed by atoms with Crippen molar-refractivity contribution in [3.8, 4) is 0 Å². The number of hydrogen-bond donors (Lipinski definition) is 1. The zero-order chi connectivity index (χ0) is 16.9. The monoisotopic (exact) mass is 334 g/mol. The molecule has 8 unspecified atom stereocenters. The molecule has 0 amide bonds. The molecule has 4 fully saturated rings. The summed E-state index contributed by atoms with van der Waals surface area (Å²) in [5.41, 5.74) is 0.891. The van der Waals surface area contributed by atoms with Gasteiger partial charge in [-0.3, -0.25) is 0 Å². The lowest BCUT2D eigenvalue weighted by molar-refractivity contribution is -0.152. The number of aliphatic hydroxyl groups excluding tert-OH is 1. The van der Waals surface area contributed by atoms with Crippen molar-refractivity contribution in [3.63, 3.8) is 0 Å². The number of aliphatic hydroxyl groups is 1. The largest absolute Gasteiger partial charge is 0.396 e. The Morgan fingerprint density at radius 1 is 1.00 bits per heavy atom. The molecule has 0 bridgehead atoms. The minimum absolute atomic E-state index is 0.410. The van der Waals surface area contributed by atoms with Gasteiger partial charge in [0.2, 0.25) is 0 Å². The summed E-state index contributed by atoms with van der Waals surface area (Å²) in [7, 11) is 1.93. The SMILES string of the molecule is COCC12CCC(C)CC1CCC1C3CCC(CO)C3(C)CCC12. The zero-order valence-electron chi connectivity index (χ0n) is 16.1. The third kappa shape index (κ3) is 2.35. The van der Waals surface area contributed by atoms with Crippen LogP contribution in [0.15, 0.2) is 0 Å². The molecular formula is C22H38O2.